The predicted octanol–water partition coefficient (Wildman–Crippen LogP) is 0.953. The van der Waals surface area contributed by atoms with Crippen LogP contribution in [0.1, 0.15) is 5.89 Å². The molecule has 29 heavy (non-hydrogen) atoms. The number of carbonyl (C=O) groups is 2. The van der Waals surface area contributed by atoms with Crippen molar-refractivity contribution in [3.63, 3.8) is 0 Å². The van der Waals surface area contributed by atoms with E-state index in [4.69, 9.17) is 21.9 Å². The van der Waals surface area contributed by atoms with Gasteiger partial charge in [0.05, 0.1) is 19.6 Å². The lowest BCUT2D eigenvalue weighted by atomic mass is 10.2. The zero-order chi connectivity index (χ0) is 19.2. The van der Waals surface area contributed by atoms with Crippen LogP contribution in [0.4, 0.5) is 0 Å². The molecule has 0 unspecified atom stereocenters. The van der Waals surface area contributed by atoms with Crippen molar-refractivity contribution < 1.29 is 14.1 Å². The van der Waals surface area contributed by atoms with Crippen molar-refractivity contribution in [2.75, 3.05) is 39.3 Å². The van der Waals surface area contributed by atoms with Gasteiger partial charge in [0.15, 0.2) is 0 Å². The van der Waals surface area contributed by atoms with Crippen LogP contribution >= 0.6 is 36.4 Å². The smallest absolute Gasteiger partial charge is 0.242 e. The second kappa shape index (κ2) is 11.9. The number of hydrogen-bond acceptors (Lipinski definition) is 7. The van der Waals surface area contributed by atoms with E-state index in [1.807, 2.05) is 12.1 Å². The third kappa shape index (κ3) is 7.13. The Morgan fingerprint density at radius 3 is 2.41 bits per heavy atom. The Labute approximate surface area is 185 Å². The first-order valence-electron chi connectivity index (χ1n) is 8.60. The number of carbonyl (C=O) groups excluding carboxylic acids is 2. The average molecular weight is 466 g/mol. The van der Waals surface area contributed by atoms with Gasteiger partial charge in [0, 0.05) is 36.8 Å². The molecule has 1 aromatic carbocycles. The summed E-state index contributed by atoms with van der Waals surface area (Å²) in [5.74, 6) is 0.593. The Morgan fingerprint density at radius 2 is 1.79 bits per heavy atom. The fraction of sp³-hybridized carbons (Fsp3) is 0.412. The van der Waals surface area contributed by atoms with Crippen LogP contribution in [-0.4, -0.2) is 71.0 Å². The van der Waals surface area contributed by atoms with E-state index in [9.17, 15) is 9.59 Å². The highest BCUT2D eigenvalue weighted by Crippen LogP contribution is 2.19. The minimum absolute atomic E-state index is 0. The number of rotatable bonds is 6. The number of nitrogens with zero attached hydrogens (tertiary/aromatic N) is 4. The maximum atomic E-state index is 12.1. The molecular weight excluding hydrogens is 443 g/mol. The Kier molecular flexibility index (Phi) is 10.3. The van der Waals surface area contributed by atoms with Crippen LogP contribution in [0.3, 0.4) is 0 Å². The minimum Gasteiger partial charge on any atom is -0.346 e. The van der Waals surface area contributed by atoms with Crippen molar-refractivity contribution >= 4 is 48.2 Å². The van der Waals surface area contributed by atoms with Gasteiger partial charge in [0.2, 0.25) is 23.5 Å². The van der Waals surface area contributed by atoms with Gasteiger partial charge in [-0.15, -0.1) is 24.8 Å². The van der Waals surface area contributed by atoms with Gasteiger partial charge in [0.25, 0.3) is 0 Å². The molecule has 1 aliphatic rings. The highest BCUT2D eigenvalue weighted by Gasteiger charge is 2.22. The SMILES string of the molecule is Cl.Cl.NCC(=O)NCC(=O)N1CCN(Cc2nc(-c3ccc(Cl)cc3)no2)CC1. The summed E-state index contributed by atoms with van der Waals surface area (Å²) in [5, 5.41) is 7.15. The molecule has 0 bridgehead atoms. The number of halogens is 3. The number of hydrogen-bond donors (Lipinski definition) is 2. The molecule has 2 aromatic rings. The zero-order valence-corrected chi connectivity index (χ0v) is 17.9. The van der Waals surface area contributed by atoms with E-state index in [0.29, 0.717) is 49.5 Å². The lowest BCUT2D eigenvalue weighted by molar-refractivity contribution is -0.134. The molecule has 0 spiro atoms. The van der Waals surface area contributed by atoms with Gasteiger partial charge >= 0.3 is 0 Å². The van der Waals surface area contributed by atoms with Gasteiger partial charge < -0.3 is 20.5 Å². The molecule has 12 heteroatoms. The summed E-state index contributed by atoms with van der Waals surface area (Å²) in [7, 11) is 0. The van der Waals surface area contributed by atoms with E-state index < -0.39 is 0 Å². The number of piperazine rings is 1. The van der Waals surface area contributed by atoms with E-state index >= 15 is 0 Å². The maximum Gasteiger partial charge on any atom is 0.242 e. The highest BCUT2D eigenvalue weighted by molar-refractivity contribution is 6.30. The lowest BCUT2D eigenvalue weighted by Gasteiger charge is -2.34. The quantitative estimate of drug-likeness (QED) is 0.652. The molecule has 9 nitrogen and oxygen atoms in total. The monoisotopic (exact) mass is 464 g/mol. The van der Waals surface area contributed by atoms with Crippen LogP contribution < -0.4 is 11.1 Å². The van der Waals surface area contributed by atoms with Crippen LogP contribution in [0, 0.1) is 0 Å². The van der Waals surface area contributed by atoms with Gasteiger partial charge in [-0.2, -0.15) is 4.98 Å². The largest absolute Gasteiger partial charge is 0.346 e. The fourth-order valence-electron chi connectivity index (χ4n) is 2.74. The molecule has 1 aromatic heterocycles. The number of aromatic nitrogens is 2. The molecule has 1 fully saturated rings. The van der Waals surface area contributed by atoms with Crippen LogP contribution in [0.25, 0.3) is 11.4 Å². The number of nitrogens with one attached hydrogen (secondary N) is 1. The molecule has 1 aliphatic heterocycles. The van der Waals surface area contributed by atoms with Gasteiger partial charge in [-0.1, -0.05) is 16.8 Å². The number of nitrogens with two attached hydrogens (primary N) is 1. The average Bonchev–Trinajstić information content (AvgIpc) is 3.15. The molecule has 0 atom stereocenters. The van der Waals surface area contributed by atoms with Crippen molar-refractivity contribution in [2.24, 2.45) is 5.73 Å². The molecule has 0 aliphatic carbocycles. The molecule has 3 N–H and O–H groups in total. The van der Waals surface area contributed by atoms with E-state index in [1.54, 1.807) is 17.0 Å². The second-order valence-corrected chi connectivity index (χ2v) is 6.59. The summed E-state index contributed by atoms with van der Waals surface area (Å²) in [6, 6.07) is 7.23. The normalized spacial score (nSPS) is 13.9. The Hall–Kier alpha value is -1.91. The van der Waals surface area contributed by atoms with Crippen molar-refractivity contribution in [1.29, 1.82) is 0 Å². The summed E-state index contributed by atoms with van der Waals surface area (Å²) in [6.07, 6.45) is 0. The number of benzene rings is 1. The molecule has 160 valence electrons. The molecule has 0 radical (unpaired) electrons. The van der Waals surface area contributed by atoms with E-state index in [1.165, 1.54) is 0 Å². The first-order chi connectivity index (χ1) is 13.0. The Morgan fingerprint density at radius 1 is 1.14 bits per heavy atom. The molecule has 2 heterocycles. The standard InChI is InChI=1S/C17H21ClN6O3.2ClH/c18-13-3-1-12(2-4-13)17-21-15(27-22-17)11-23-5-7-24(8-6-23)16(26)10-20-14(25)9-19;;/h1-4H,5-11,19H2,(H,20,25);2*1H. The van der Waals surface area contributed by atoms with Crippen LogP contribution in [0.2, 0.25) is 5.02 Å². The zero-order valence-electron chi connectivity index (χ0n) is 15.5. The van der Waals surface area contributed by atoms with E-state index in [0.717, 1.165) is 5.56 Å². The third-order valence-electron chi connectivity index (χ3n) is 4.28. The van der Waals surface area contributed by atoms with E-state index in [2.05, 4.69) is 20.4 Å². The first-order valence-corrected chi connectivity index (χ1v) is 8.98. The second-order valence-electron chi connectivity index (χ2n) is 6.16. The summed E-state index contributed by atoms with van der Waals surface area (Å²) < 4.78 is 5.33. The van der Waals surface area contributed by atoms with Gasteiger partial charge in [-0.25, -0.2) is 0 Å². The summed E-state index contributed by atoms with van der Waals surface area (Å²) >= 11 is 5.88. The number of amides is 2. The predicted molar refractivity (Wildman–Crippen MR) is 113 cm³/mol. The molecule has 2 amide bonds. The summed E-state index contributed by atoms with van der Waals surface area (Å²) in [4.78, 5) is 31.5. The Bertz CT molecular complexity index is 794. The maximum absolute atomic E-state index is 12.1. The van der Waals surface area contributed by atoms with Crippen molar-refractivity contribution in [2.45, 2.75) is 6.54 Å². The molecule has 0 saturated carbocycles. The topological polar surface area (TPSA) is 118 Å². The van der Waals surface area contributed by atoms with Crippen molar-refractivity contribution in [1.82, 2.24) is 25.3 Å². The van der Waals surface area contributed by atoms with Crippen LogP contribution in [0.15, 0.2) is 28.8 Å². The summed E-state index contributed by atoms with van der Waals surface area (Å²) in [5.41, 5.74) is 6.04. The minimum atomic E-state index is -0.338. The summed E-state index contributed by atoms with van der Waals surface area (Å²) in [6.45, 7) is 2.91. The van der Waals surface area contributed by atoms with Crippen molar-refractivity contribution in [3.8, 4) is 11.4 Å². The molecule has 1 saturated heterocycles. The first kappa shape index (κ1) is 25.1. The third-order valence-corrected chi connectivity index (χ3v) is 4.53. The van der Waals surface area contributed by atoms with Gasteiger partial charge in [-0.05, 0) is 24.3 Å². The van der Waals surface area contributed by atoms with Gasteiger partial charge in [-0.3, -0.25) is 14.5 Å². The molecule has 3 rings (SSSR count). The lowest BCUT2D eigenvalue weighted by Crippen LogP contribution is -2.51. The van der Waals surface area contributed by atoms with Crippen molar-refractivity contribution in [3.05, 3.63) is 35.2 Å². The Balaban J connectivity index is 0.00000210. The van der Waals surface area contributed by atoms with Gasteiger partial charge in [0.1, 0.15) is 0 Å². The van der Waals surface area contributed by atoms with Crippen LogP contribution in [0.5, 0.6) is 0 Å². The highest BCUT2D eigenvalue weighted by atomic mass is 35.5. The van der Waals surface area contributed by atoms with Crippen LogP contribution in [-0.2, 0) is 16.1 Å². The van der Waals surface area contributed by atoms with E-state index in [-0.39, 0.29) is 49.7 Å². The fourth-order valence-corrected chi connectivity index (χ4v) is 2.87. The molecular formula is C17H23Cl3N6O3.